The molecule has 0 radical (unpaired) electrons. The molecule has 74 valence electrons. The van der Waals surface area contributed by atoms with Crippen LogP contribution in [0.25, 0.3) is 0 Å². The highest BCUT2D eigenvalue weighted by atomic mass is 16.1. The lowest BCUT2D eigenvalue weighted by Crippen LogP contribution is -2.26. The molecule has 3 heteroatoms. The molecule has 0 heterocycles. The standard InChI is InChI=1S/C10H18N2O/c1-2-4-10(13)12-8-3-7-11-9-5-6-9/h2,4,9,11H,3,5-8H2,1H3,(H,12,13)/b4-2+. The van der Waals surface area contributed by atoms with Crippen molar-refractivity contribution in [3.63, 3.8) is 0 Å². The van der Waals surface area contributed by atoms with Crippen LogP contribution in [0.15, 0.2) is 12.2 Å². The maximum absolute atomic E-state index is 10.9. The predicted octanol–water partition coefficient (Wildman–Crippen LogP) is 0.821. The van der Waals surface area contributed by atoms with Crippen LogP contribution in [-0.2, 0) is 4.79 Å². The molecular weight excluding hydrogens is 164 g/mol. The van der Waals surface area contributed by atoms with Gasteiger partial charge < -0.3 is 10.6 Å². The van der Waals surface area contributed by atoms with Crippen molar-refractivity contribution in [1.82, 2.24) is 10.6 Å². The molecule has 0 aromatic heterocycles. The lowest BCUT2D eigenvalue weighted by Gasteiger charge is -2.02. The van der Waals surface area contributed by atoms with Gasteiger partial charge in [0.25, 0.3) is 0 Å². The van der Waals surface area contributed by atoms with Crippen LogP contribution in [0.2, 0.25) is 0 Å². The van der Waals surface area contributed by atoms with E-state index in [0.29, 0.717) is 0 Å². The van der Waals surface area contributed by atoms with Gasteiger partial charge in [-0.1, -0.05) is 6.08 Å². The molecule has 1 saturated carbocycles. The van der Waals surface area contributed by atoms with E-state index in [0.717, 1.165) is 25.6 Å². The van der Waals surface area contributed by atoms with E-state index in [1.54, 1.807) is 12.2 Å². The molecule has 13 heavy (non-hydrogen) atoms. The Morgan fingerprint density at radius 2 is 2.23 bits per heavy atom. The maximum Gasteiger partial charge on any atom is 0.243 e. The fourth-order valence-electron chi connectivity index (χ4n) is 1.10. The van der Waals surface area contributed by atoms with Gasteiger partial charge in [0.15, 0.2) is 0 Å². The van der Waals surface area contributed by atoms with Gasteiger partial charge in [0.2, 0.25) is 5.91 Å². The summed E-state index contributed by atoms with van der Waals surface area (Å²) in [5.41, 5.74) is 0. The van der Waals surface area contributed by atoms with Crippen LogP contribution in [0, 0.1) is 0 Å². The molecule has 1 amide bonds. The van der Waals surface area contributed by atoms with Crippen molar-refractivity contribution in [3.05, 3.63) is 12.2 Å². The number of carbonyl (C=O) groups is 1. The first kappa shape index (κ1) is 10.3. The van der Waals surface area contributed by atoms with Gasteiger partial charge in [-0.15, -0.1) is 0 Å². The maximum atomic E-state index is 10.9. The van der Waals surface area contributed by atoms with Gasteiger partial charge in [-0.2, -0.15) is 0 Å². The summed E-state index contributed by atoms with van der Waals surface area (Å²) in [4.78, 5) is 10.9. The SMILES string of the molecule is C/C=C/C(=O)NCCCNC1CC1. The number of hydrogen-bond donors (Lipinski definition) is 2. The van der Waals surface area contributed by atoms with Crippen LogP contribution >= 0.6 is 0 Å². The van der Waals surface area contributed by atoms with E-state index in [2.05, 4.69) is 10.6 Å². The minimum atomic E-state index is 0.00826. The Morgan fingerprint density at radius 1 is 1.46 bits per heavy atom. The first-order valence-corrected chi connectivity index (χ1v) is 4.97. The summed E-state index contributed by atoms with van der Waals surface area (Å²) in [6, 6.07) is 0.770. The summed E-state index contributed by atoms with van der Waals surface area (Å²) in [5.74, 6) is 0.00826. The summed E-state index contributed by atoms with van der Waals surface area (Å²) >= 11 is 0. The molecular formula is C10H18N2O. The molecule has 1 fully saturated rings. The van der Waals surface area contributed by atoms with Gasteiger partial charge >= 0.3 is 0 Å². The molecule has 3 nitrogen and oxygen atoms in total. The van der Waals surface area contributed by atoms with Crippen LogP contribution in [0.1, 0.15) is 26.2 Å². The van der Waals surface area contributed by atoms with Crippen molar-refractivity contribution in [2.24, 2.45) is 0 Å². The molecule has 0 unspecified atom stereocenters. The van der Waals surface area contributed by atoms with Crippen molar-refractivity contribution >= 4 is 5.91 Å². The van der Waals surface area contributed by atoms with E-state index in [1.807, 2.05) is 6.92 Å². The Balaban J connectivity index is 1.84. The molecule has 1 aliphatic rings. The second kappa shape index (κ2) is 5.75. The Kier molecular flexibility index (Phi) is 4.54. The van der Waals surface area contributed by atoms with Gasteiger partial charge in [-0.3, -0.25) is 4.79 Å². The van der Waals surface area contributed by atoms with E-state index >= 15 is 0 Å². The fraction of sp³-hybridized carbons (Fsp3) is 0.700. The number of hydrogen-bond acceptors (Lipinski definition) is 2. The molecule has 0 aromatic carbocycles. The number of amides is 1. The van der Waals surface area contributed by atoms with Gasteiger partial charge in [0.1, 0.15) is 0 Å². The number of rotatable bonds is 6. The average Bonchev–Trinajstić information content (AvgIpc) is 2.88. The van der Waals surface area contributed by atoms with Gasteiger partial charge in [-0.25, -0.2) is 0 Å². The smallest absolute Gasteiger partial charge is 0.243 e. The summed E-state index contributed by atoms with van der Waals surface area (Å²) in [7, 11) is 0. The van der Waals surface area contributed by atoms with Crippen LogP contribution in [0.4, 0.5) is 0 Å². The van der Waals surface area contributed by atoms with Crippen molar-refractivity contribution in [2.45, 2.75) is 32.2 Å². The highest BCUT2D eigenvalue weighted by Gasteiger charge is 2.19. The number of allylic oxidation sites excluding steroid dienone is 1. The number of nitrogens with one attached hydrogen (secondary N) is 2. The second-order valence-corrected chi connectivity index (χ2v) is 3.37. The average molecular weight is 182 g/mol. The molecule has 0 atom stereocenters. The molecule has 2 N–H and O–H groups in total. The van der Waals surface area contributed by atoms with Crippen molar-refractivity contribution < 1.29 is 4.79 Å². The van der Waals surface area contributed by atoms with E-state index < -0.39 is 0 Å². The Morgan fingerprint density at radius 3 is 2.85 bits per heavy atom. The Labute approximate surface area is 79.6 Å². The molecule has 0 aliphatic heterocycles. The highest BCUT2D eigenvalue weighted by Crippen LogP contribution is 2.18. The molecule has 1 rings (SSSR count). The third-order valence-electron chi connectivity index (χ3n) is 1.98. The molecule has 0 aromatic rings. The monoisotopic (exact) mass is 182 g/mol. The zero-order valence-corrected chi connectivity index (χ0v) is 8.18. The van der Waals surface area contributed by atoms with Crippen molar-refractivity contribution in [3.8, 4) is 0 Å². The Bertz CT molecular complexity index is 185. The summed E-state index contributed by atoms with van der Waals surface area (Å²) < 4.78 is 0. The van der Waals surface area contributed by atoms with Crippen LogP contribution < -0.4 is 10.6 Å². The lowest BCUT2D eigenvalue weighted by atomic mass is 10.4. The summed E-state index contributed by atoms with van der Waals surface area (Å²) in [5, 5.41) is 6.20. The normalized spacial score (nSPS) is 16.4. The van der Waals surface area contributed by atoms with Gasteiger partial charge in [0, 0.05) is 12.6 Å². The first-order chi connectivity index (χ1) is 6.33. The molecule has 1 aliphatic carbocycles. The van der Waals surface area contributed by atoms with Gasteiger partial charge in [-0.05, 0) is 38.8 Å². The van der Waals surface area contributed by atoms with E-state index in [-0.39, 0.29) is 5.91 Å². The van der Waals surface area contributed by atoms with Gasteiger partial charge in [0.05, 0.1) is 0 Å². The van der Waals surface area contributed by atoms with Crippen LogP contribution in [0.3, 0.4) is 0 Å². The van der Waals surface area contributed by atoms with Crippen LogP contribution in [0.5, 0.6) is 0 Å². The highest BCUT2D eigenvalue weighted by molar-refractivity contribution is 5.87. The third kappa shape index (κ3) is 5.42. The predicted molar refractivity (Wildman–Crippen MR) is 53.5 cm³/mol. The van der Waals surface area contributed by atoms with E-state index in [9.17, 15) is 4.79 Å². The molecule has 0 spiro atoms. The second-order valence-electron chi connectivity index (χ2n) is 3.37. The zero-order valence-electron chi connectivity index (χ0n) is 8.18. The van der Waals surface area contributed by atoms with E-state index in [1.165, 1.54) is 12.8 Å². The lowest BCUT2D eigenvalue weighted by molar-refractivity contribution is -0.116. The molecule has 0 saturated heterocycles. The third-order valence-corrected chi connectivity index (χ3v) is 1.98. The Hall–Kier alpha value is -0.830. The minimum Gasteiger partial charge on any atom is -0.353 e. The number of carbonyl (C=O) groups excluding carboxylic acids is 1. The topological polar surface area (TPSA) is 41.1 Å². The quantitative estimate of drug-likeness (QED) is 0.471. The van der Waals surface area contributed by atoms with Crippen molar-refractivity contribution in [1.29, 1.82) is 0 Å². The largest absolute Gasteiger partial charge is 0.353 e. The minimum absolute atomic E-state index is 0.00826. The first-order valence-electron chi connectivity index (χ1n) is 4.97. The summed E-state index contributed by atoms with van der Waals surface area (Å²) in [6.07, 6.45) is 6.96. The summed E-state index contributed by atoms with van der Waals surface area (Å²) in [6.45, 7) is 3.62. The zero-order chi connectivity index (χ0) is 9.52. The van der Waals surface area contributed by atoms with Crippen molar-refractivity contribution in [2.75, 3.05) is 13.1 Å². The van der Waals surface area contributed by atoms with Crippen LogP contribution in [-0.4, -0.2) is 25.0 Å². The fourth-order valence-corrected chi connectivity index (χ4v) is 1.10. The van der Waals surface area contributed by atoms with E-state index in [4.69, 9.17) is 0 Å². The molecule has 0 bridgehead atoms.